The third kappa shape index (κ3) is 2.87. The number of ether oxygens (including phenoxy) is 1. The summed E-state index contributed by atoms with van der Waals surface area (Å²) in [6.45, 7) is 2.79. The van der Waals surface area contributed by atoms with Gasteiger partial charge in [0.25, 0.3) is 0 Å². The van der Waals surface area contributed by atoms with Crippen molar-refractivity contribution in [2.75, 3.05) is 19.0 Å². The molecule has 0 aliphatic rings. The molecule has 0 amide bonds. The van der Waals surface area contributed by atoms with E-state index in [1.165, 1.54) is 0 Å². The lowest BCUT2D eigenvalue weighted by atomic mass is 10.2. The number of aromatic amines is 1. The molecule has 0 bridgehead atoms. The molecule has 2 rings (SSSR count). The molecule has 0 saturated heterocycles. The van der Waals surface area contributed by atoms with Gasteiger partial charge in [-0.25, -0.2) is 0 Å². The summed E-state index contributed by atoms with van der Waals surface area (Å²) in [6, 6.07) is 6.08. The fourth-order valence-corrected chi connectivity index (χ4v) is 1.78. The van der Waals surface area contributed by atoms with Gasteiger partial charge in [0.05, 0.1) is 24.2 Å². The molecule has 0 aromatic carbocycles. The molecule has 5 heteroatoms. The lowest BCUT2D eigenvalue weighted by Gasteiger charge is -2.16. The van der Waals surface area contributed by atoms with Gasteiger partial charge in [0.1, 0.15) is 5.69 Å². The van der Waals surface area contributed by atoms with E-state index < -0.39 is 0 Å². The molecule has 0 aliphatic carbocycles. The molecule has 18 heavy (non-hydrogen) atoms. The van der Waals surface area contributed by atoms with Gasteiger partial charge in [-0.3, -0.25) is 10.1 Å². The van der Waals surface area contributed by atoms with E-state index in [0.717, 1.165) is 23.5 Å². The summed E-state index contributed by atoms with van der Waals surface area (Å²) in [5.41, 5.74) is 2.74. The van der Waals surface area contributed by atoms with E-state index in [2.05, 4.69) is 27.4 Å². The van der Waals surface area contributed by atoms with Crippen molar-refractivity contribution in [3.63, 3.8) is 0 Å². The van der Waals surface area contributed by atoms with Crippen LogP contribution in [0.25, 0.3) is 11.4 Å². The van der Waals surface area contributed by atoms with Crippen LogP contribution in [0, 0.1) is 0 Å². The van der Waals surface area contributed by atoms with Gasteiger partial charge in [-0.15, -0.1) is 0 Å². The van der Waals surface area contributed by atoms with Crippen LogP contribution < -0.4 is 5.32 Å². The first-order valence-corrected chi connectivity index (χ1v) is 6.05. The Kier molecular flexibility index (Phi) is 4.30. The second kappa shape index (κ2) is 6.16. The van der Waals surface area contributed by atoms with Crippen LogP contribution in [0.1, 0.15) is 13.3 Å². The Morgan fingerprint density at radius 1 is 1.44 bits per heavy atom. The van der Waals surface area contributed by atoms with E-state index in [0.29, 0.717) is 6.61 Å². The van der Waals surface area contributed by atoms with E-state index in [4.69, 9.17) is 4.74 Å². The normalized spacial score (nSPS) is 12.3. The first kappa shape index (κ1) is 12.6. The summed E-state index contributed by atoms with van der Waals surface area (Å²) >= 11 is 0. The maximum absolute atomic E-state index is 5.18. The Balaban J connectivity index is 2.18. The topological polar surface area (TPSA) is 62.8 Å². The zero-order valence-electron chi connectivity index (χ0n) is 10.7. The average molecular weight is 246 g/mol. The van der Waals surface area contributed by atoms with Crippen molar-refractivity contribution in [3.05, 3.63) is 30.6 Å². The number of rotatable bonds is 6. The van der Waals surface area contributed by atoms with Crippen molar-refractivity contribution in [1.82, 2.24) is 15.2 Å². The van der Waals surface area contributed by atoms with Crippen molar-refractivity contribution >= 4 is 5.69 Å². The Morgan fingerprint density at radius 3 is 3.00 bits per heavy atom. The van der Waals surface area contributed by atoms with Crippen LogP contribution in [-0.2, 0) is 4.74 Å². The maximum atomic E-state index is 5.18. The molecule has 0 fully saturated rings. The second-order valence-electron chi connectivity index (χ2n) is 4.08. The predicted molar refractivity (Wildman–Crippen MR) is 71.4 cm³/mol. The summed E-state index contributed by atoms with van der Waals surface area (Å²) in [5.74, 6) is 0. The predicted octanol–water partition coefficient (Wildman–Crippen LogP) is 2.31. The second-order valence-corrected chi connectivity index (χ2v) is 4.08. The molecule has 0 spiro atoms. The van der Waals surface area contributed by atoms with Gasteiger partial charge >= 0.3 is 0 Å². The Morgan fingerprint density at radius 2 is 2.33 bits per heavy atom. The number of anilines is 1. The summed E-state index contributed by atoms with van der Waals surface area (Å²) in [6.07, 6.45) is 4.54. The fourth-order valence-electron chi connectivity index (χ4n) is 1.78. The molecule has 0 aliphatic heterocycles. The third-order valence-electron chi connectivity index (χ3n) is 2.78. The molecule has 2 N–H and O–H groups in total. The van der Waals surface area contributed by atoms with Gasteiger partial charge in [-0.05, 0) is 18.6 Å². The van der Waals surface area contributed by atoms with Crippen molar-refractivity contribution in [2.45, 2.75) is 19.4 Å². The fraction of sp³-hybridized carbons (Fsp3) is 0.385. The van der Waals surface area contributed by atoms with Crippen LogP contribution in [0.4, 0.5) is 5.69 Å². The average Bonchev–Trinajstić information content (AvgIpc) is 2.87. The Labute approximate surface area is 107 Å². The van der Waals surface area contributed by atoms with Gasteiger partial charge in [-0.1, -0.05) is 13.0 Å². The summed E-state index contributed by atoms with van der Waals surface area (Å²) < 4.78 is 5.18. The number of nitrogens with one attached hydrogen (secondary N) is 2. The number of hydrogen-bond donors (Lipinski definition) is 2. The van der Waals surface area contributed by atoms with Crippen LogP contribution in [-0.4, -0.2) is 34.9 Å². The zero-order valence-corrected chi connectivity index (χ0v) is 10.7. The molecule has 96 valence electrons. The SMILES string of the molecule is CC[C@@H](COC)Nc1cn[nH]c1-c1ccccn1. The number of methoxy groups -OCH3 is 1. The molecule has 0 unspecified atom stereocenters. The first-order valence-electron chi connectivity index (χ1n) is 6.05. The number of pyridine rings is 1. The number of H-pyrrole nitrogens is 1. The molecule has 2 aromatic rings. The molecule has 2 aromatic heterocycles. The number of aromatic nitrogens is 3. The molecular weight excluding hydrogens is 228 g/mol. The highest BCUT2D eigenvalue weighted by Crippen LogP contribution is 2.24. The maximum Gasteiger partial charge on any atom is 0.107 e. The highest BCUT2D eigenvalue weighted by molar-refractivity contribution is 5.71. The number of hydrogen-bond acceptors (Lipinski definition) is 4. The van der Waals surface area contributed by atoms with E-state index in [1.807, 2.05) is 18.2 Å². The quantitative estimate of drug-likeness (QED) is 0.821. The van der Waals surface area contributed by atoms with E-state index in [-0.39, 0.29) is 6.04 Å². The minimum Gasteiger partial charge on any atom is -0.383 e. The largest absolute Gasteiger partial charge is 0.383 e. The van der Waals surface area contributed by atoms with Gasteiger partial charge in [-0.2, -0.15) is 5.10 Å². The van der Waals surface area contributed by atoms with E-state index >= 15 is 0 Å². The van der Waals surface area contributed by atoms with Crippen molar-refractivity contribution < 1.29 is 4.74 Å². The van der Waals surface area contributed by atoms with E-state index in [1.54, 1.807) is 19.5 Å². The van der Waals surface area contributed by atoms with Gasteiger partial charge in [0.2, 0.25) is 0 Å². The Hall–Kier alpha value is -1.88. The molecule has 5 nitrogen and oxygen atoms in total. The van der Waals surface area contributed by atoms with Crippen LogP contribution in [0.3, 0.4) is 0 Å². The monoisotopic (exact) mass is 246 g/mol. The third-order valence-corrected chi connectivity index (χ3v) is 2.78. The molecule has 0 radical (unpaired) electrons. The highest BCUT2D eigenvalue weighted by atomic mass is 16.5. The van der Waals surface area contributed by atoms with Crippen molar-refractivity contribution in [1.29, 1.82) is 0 Å². The van der Waals surface area contributed by atoms with Crippen LogP contribution in [0.5, 0.6) is 0 Å². The van der Waals surface area contributed by atoms with Crippen molar-refractivity contribution in [3.8, 4) is 11.4 Å². The summed E-state index contributed by atoms with van der Waals surface area (Å²) in [7, 11) is 1.71. The van der Waals surface area contributed by atoms with Crippen LogP contribution in [0.2, 0.25) is 0 Å². The van der Waals surface area contributed by atoms with E-state index in [9.17, 15) is 0 Å². The van der Waals surface area contributed by atoms with Crippen molar-refractivity contribution in [2.24, 2.45) is 0 Å². The lowest BCUT2D eigenvalue weighted by molar-refractivity contribution is 0.184. The molecule has 1 atom stereocenters. The minimum atomic E-state index is 0.273. The molecular formula is C13H18N4O. The standard InChI is InChI=1S/C13H18N4O/c1-3-10(9-18-2)16-12-8-15-17-13(12)11-6-4-5-7-14-11/h4-8,10,16H,3,9H2,1-2H3,(H,15,17)/t10-/m0/s1. The zero-order chi connectivity index (χ0) is 12.8. The number of nitrogens with zero attached hydrogens (tertiary/aromatic N) is 2. The van der Waals surface area contributed by atoms with Gasteiger partial charge in [0, 0.05) is 19.3 Å². The lowest BCUT2D eigenvalue weighted by Crippen LogP contribution is -2.23. The highest BCUT2D eigenvalue weighted by Gasteiger charge is 2.12. The van der Waals surface area contributed by atoms with Gasteiger partial charge in [0.15, 0.2) is 0 Å². The molecule has 2 heterocycles. The first-order chi connectivity index (χ1) is 8.85. The van der Waals surface area contributed by atoms with Crippen LogP contribution in [0.15, 0.2) is 30.6 Å². The van der Waals surface area contributed by atoms with Crippen LogP contribution >= 0.6 is 0 Å². The minimum absolute atomic E-state index is 0.273. The smallest absolute Gasteiger partial charge is 0.107 e. The summed E-state index contributed by atoms with van der Waals surface area (Å²) in [5, 5.41) is 10.5. The Bertz CT molecular complexity index is 469. The summed E-state index contributed by atoms with van der Waals surface area (Å²) in [4.78, 5) is 4.32. The van der Waals surface area contributed by atoms with Gasteiger partial charge < -0.3 is 10.1 Å². The molecule has 0 saturated carbocycles.